The van der Waals surface area contributed by atoms with Gasteiger partial charge in [0.1, 0.15) is 11.6 Å². The summed E-state index contributed by atoms with van der Waals surface area (Å²) in [5, 5.41) is 7.02. The Labute approximate surface area is 128 Å². The molecule has 1 saturated heterocycles. The molecule has 1 N–H and O–H groups in total. The number of hydrogen-bond acceptors (Lipinski definition) is 3. The highest BCUT2D eigenvalue weighted by Crippen LogP contribution is 2.32. The molecule has 2 heterocycles. The summed E-state index contributed by atoms with van der Waals surface area (Å²) in [6, 6.07) is 5.69. The number of aromatic amines is 1. The number of likely N-dealkylation sites (tertiary alicyclic amines) is 1. The van der Waals surface area contributed by atoms with Crippen LogP contribution in [0.15, 0.2) is 30.5 Å². The van der Waals surface area contributed by atoms with Crippen LogP contribution >= 0.6 is 0 Å². The highest BCUT2D eigenvalue weighted by molar-refractivity contribution is 5.78. The van der Waals surface area contributed by atoms with E-state index in [4.69, 9.17) is 4.74 Å². The summed E-state index contributed by atoms with van der Waals surface area (Å²) in [6.07, 6.45) is 3.65. The summed E-state index contributed by atoms with van der Waals surface area (Å²) in [5.74, 6) is 0.0945. The fourth-order valence-electron chi connectivity index (χ4n) is 2.82. The minimum atomic E-state index is -0.326. The minimum Gasteiger partial charge on any atom is -0.484 e. The Balaban J connectivity index is 1.64. The second-order valence-electron chi connectivity index (χ2n) is 5.45. The number of benzene rings is 1. The lowest BCUT2D eigenvalue weighted by molar-refractivity contribution is -0.134. The Morgan fingerprint density at radius 1 is 1.45 bits per heavy atom. The van der Waals surface area contributed by atoms with E-state index in [9.17, 15) is 9.18 Å². The Morgan fingerprint density at radius 3 is 2.91 bits per heavy atom. The molecule has 1 aliphatic heterocycles. The van der Waals surface area contributed by atoms with Gasteiger partial charge in [-0.2, -0.15) is 5.10 Å². The number of halogens is 1. The van der Waals surface area contributed by atoms with Crippen LogP contribution in [0.1, 0.15) is 30.1 Å². The van der Waals surface area contributed by atoms with Crippen molar-refractivity contribution in [2.45, 2.75) is 25.8 Å². The van der Waals surface area contributed by atoms with E-state index in [1.165, 1.54) is 24.3 Å². The highest BCUT2D eigenvalue weighted by Gasteiger charge is 2.31. The Morgan fingerprint density at radius 2 is 2.23 bits per heavy atom. The maximum atomic E-state index is 12.8. The van der Waals surface area contributed by atoms with Gasteiger partial charge in [0, 0.05) is 6.54 Å². The third-order valence-corrected chi connectivity index (χ3v) is 3.95. The molecular weight excluding hydrogens is 285 g/mol. The van der Waals surface area contributed by atoms with Gasteiger partial charge >= 0.3 is 0 Å². The smallest absolute Gasteiger partial charge is 0.261 e. The largest absolute Gasteiger partial charge is 0.484 e. The Hall–Kier alpha value is -2.37. The fourth-order valence-corrected chi connectivity index (χ4v) is 2.82. The summed E-state index contributed by atoms with van der Waals surface area (Å²) in [4.78, 5) is 14.2. The second-order valence-corrected chi connectivity index (χ2v) is 5.45. The van der Waals surface area contributed by atoms with E-state index in [0.29, 0.717) is 5.75 Å². The van der Waals surface area contributed by atoms with Gasteiger partial charge in [-0.05, 0) is 49.6 Å². The topological polar surface area (TPSA) is 58.2 Å². The first-order chi connectivity index (χ1) is 10.6. The van der Waals surface area contributed by atoms with Crippen molar-refractivity contribution < 1.29 is 13.9 Å². The van der Waals surface area contributed by atoms with Crippen molar-refractivity contribution in [1.29, 1.82) is 0 Å². The molecule has 5 nitrogen and oxygen atoms in total. The summed E-state index contributed by atoms with van der Waals surface area (Å²) < 4.78 is 18.3. The van der Waals surface area contributed by atoms with Crippen LogP contribution < -0.4 is 4.74 Å². The number of ether oxygens (including phenoxy) is 1. The zero-order valence-electron chi connectivity index (χ0n) is 12.4. The summed E-state index contributed by atoms with van der Waals surface area (Å²) in [6.45, 7) is 2.65. The van der Waals surface area contributed by atoms with Crippen LogP contribution in [0.3, 0.4) is 0 Å². The number of H-pyrrole nitrogens is 1. The van der Waals surface area contributed by atoms with Gasteiger partial charge in [0.15, 0.2) is 6.61 Å². The predicted octanol–water partition coefficient (Wildman–Crippen LogP) is 2.60. The van der Waals surface area contributed by atoms with Crippen molar-refractivity contribution in [3.63, 3.8) is 0 Å². The molecule has 1 atom stereocenters. The maximum absolute atomic E-state index is 12.8. The molecule has 0 bridgehead atoms. The van der Waals surface area contributed by atoms with Crippen LogP contribution in [0.4, 0.5) is 4.39 Å². The standard InChI is InChI=1S/C16H18FN3O2/c1-11-9-18-19-16(11)14-3-2-8-20(14)15(21)10-22-13-6-4-12(17)5-7-13/h4-7,9,14H,2-3,8,10H2,1H3,(H,18,19). The molecule has 1 amide bonds. The third-order valence-electron chi connectivity index (χ3n) is 3.95. The van der Waals surface area contributed by atoms with Crippen LogP contribution in [-0.2, 0) is 4.79 Å². The van der Waals surface area contributed by atoms with E-state index in [-0.39, 0.29) is 24.4 Å². The number of rotatable bonds is 4. The van der Waals surface area contributed by atoms with Gasteiger partial charge in [0.25, 0.3) is 5.91 Å². The van der Waals surface area contributed by atoms with E-state index in [1.54, 1.807) is 6.20 Å². The molecule has 1 aromatic carbocycles. The highest BCUT2D eigenvalue weighted by atomic mass is 19.1. The molecule has 0 spiro atoms. The van der Waals surface area contributed by atoms with Gasteiger partial charge in [-0.15, -0.1) is 0 Å². The number of carbonyl (C=O) groups is 1. The first kappa shape index (κ1) is 14.6. The summed E-state index contributed by atoms with van der Waals surface area (Å²) in [5.41, 5.74) is 2.05. The Kier molecular flexibility index (Phi) is 4.09. The molecule has 0 saturated carbocycles. The van der Waals surface area contributed by atoms with Gasteiger partial charge in [-0.25, -0.2) is 4.39 Å². The molecule has 22 heavy (non-hydrogen) atoms. The SMILES string of the molecule is Cc1cn[nH]c1C1CCCN1C(=O)COc1ccc(F)cc1. The molecule has 2 aromatic rings. The minimum absolute atomic E-state index is 0.0341. The van der Waals surface area contributed by atoms with Crippen molar-refractivity contribution in [1.82, 2.24) is 15.1 Å². The fraction of sp³-hybridized carbons (Fsp3) is 0.375. The summed E-state index contributed by atoms with van der Waals surface area (Å²) in [7, 11) is 0. The number of nitrogens with zero attached hydrogens (tertiary/aromatic N) is 2. The van der Waals surface area contributed by atoms with E-state index in [2.05, 4.69) is 10.2 Å². The van der Waals surface area contributed by atoms with Crippen molar-refractivity contribution in [2.75, 3.05) is 13.2 Å². The predicted molar refractivity (Wildman–Crippen MR) is 78.9 cm³/mol. The zero-order valence-corrected chi connectivity index (χ0v) is 12.4. The average molecular weight is 303 g/mol. The number of aromatic nitrogens is 2. The monoisotopic (exact) mass is 303 g/mol. The molecule has 0 radical (unpaired) electrons. The van der Waals surface area contributed by atoms with Gasteiger partial charge < -0.3 is 9.64 Å². The van der Waals surface area contributed by atoms with Gasteiger partial charge in [0.2, 0.25) is 0 Å². The quantitative estimate of drug-likeness (QED) is 0.944. The first-order valence-corrected chi connectivity index (χ1v) is 7.33. The number of hydrogen-bond donors (Lipinski definition) is 1. The normalized spacial score (nSPS) is 17.7. The number of carbonyl (C=O) groups excluding carboxylic acids is 1. The van der Waals surface area contributed by atoms with E-state index in [0.717, 1.165) is 30.6 Å². The molecule has 1 aliphatic rings. The Bertz CT molecular complexity index is 654. The zero-order chi connectivity index (χ0) is 15.5. The van der Waals surface area contributed by atoms with Crippen LogP contribution in [0, 0.1) is 12.7 Å². The average Bonchev–Trinajstić information content (AvgIpc) is 3.14. The van der Waals surface area contributed by atoms with Crippen molar-refractivity contribution in [3.05, 3.63) is 47.5 Å². The number of amides is 1. The second kappa shape index (κ2) is 6.17. The van der Waals surface area contributed by atoms with Crippen LogP contribution in [0.25, 0.3) is 0 Å². The molecule has 1 aromatic heterocycles. The number of nitrogens with one attached hydrogen (secondary N) is 1. The molecule has 6 heteroatoms. The van der Waals surface area contributed by atoms with Crippen LogP contribution in [0.2, 0.25) is 0 Å². The maximum Gasteiger partial charge on any atom is 0.261 e. The van der Waals surface area contributed by atoms with E-state index < -0.39 is 0 Å². The molecule has 116 valence electrons. The van der Waals surface area contributed by atoms with E-state index in [1.807, 2.05) is 11.8 Å². The van der Waals surface area contributed by atoms with Crippen molar-refractivity contribution in [2.24, 2.45) is 0 Å². The molecule has 1 fully saturated rings. The van der Waals surface area contributed by atoms with Gasteiger partial charge in [-0.1, -0.05) is 0 Å². The van der Waals surface area contributed by atoms with Crippen molar-refractivity contribution >= 4 is 5.91 Å². The summed E-state index contributed by atoms with van der Waals surface area (Å²) >= 11 is 0. The van der Waals surface area contributed by atoms with Gasteiger partial charge in [0.05, 0.1) is 17.9 Å². The van der Waals surface area contributed by atoms with Crippen molar-refractivity contribution in [3.8, 4) is 5.75 Å². The lowest BCUT2D eigenvalue weighted by Gasteiger charge is -2.24. The molecule has 0 aliphatic carbocycles. The first-order valence-electron chi connectivity index (χ1n) is 7.33. The molecule has 1 unspecified atom stereocenters. The lowest BCUT2D eigenvalue weighted by Crippen LogP contribution is -2.34. The number of aryl methyl sites for hydroxylation is 1. The molecule has 3 rings (SSSR count). The van der Waals surface area contributed by atoms with Gasteiger partial charge in [-0.3, -0.25) is 9.89 Å². The van der Waals surface area contributed by atoms with E-state index >= 15 is 0 Å². The molecular formula is C16H18FN3O2. The van der Waals surface area contributed by atoms with Crippen LogP contribution in [-0.4, -0.2) is 34.2 Å². The lowest BCUT2D eigenvalue weighted by atomic mass is 10.1. The third kappa shape index (κ3) is 2.95. The van der Waals surface area contributed by atoms with Crippen LogP contribution in [0.5, 0.6) is 5.75 Å².